The summed E-state index contributed by atoms with van der Waals surface area (Å²) in [6.45, 7) is 1.25. The maximum absolute atomic E-state index is 13.8. The van der Waals surface area contributed by atoms with Crippen LogP contribution in [0.1, 0.15) is 35.8 Å². The minimum absolute atomic E-state index is 0.111. The predicted molar refractivity (Wildman–Crippen MR) is 83.9 cm³/mol. The highest BCUT2D eigenvalue weighted by molar-refractivity contribution is 6.04. The molecule has 24 heavy (non-hydrogen) atoms. The smallest absolute Gasteiger partial charge is 0.338 e. The van der Waals surface area contributed by atoms with Gasteiger partial charge in [0.25, 0.3) is 5.91 Å². The molecule has 1 amide bonds. The molecule has 0 saturated carbocycles. The SMILES string of the molecule is COC(=O)c1cc(F)cc2[nH]c([C@@]3(C)CCCN3C(=O)CF)cc12. The fourth-order valence-corrected chi connectivity index (χ4v) is 3.49. The van der Waals surface area contributed by atoms with Crippen molar-refractivity contribution < 1.29 is 23.1 Å². The number of likely N-dealkylation sites (tertiary alicyclic amines) is 1. The monoisotopic (exact) mass is 336 g/mol. The normalized spacial score (nSPS) is 20.6. The van der Waals surface area contributed by atoms with Crippen LogP contribution in [0.2, 0.25) is 0 Å². The molecule has 0 aliphatic carbocycles. The second-order valence-corrected chi connectivity index (χ2v) is 6.15. The van der Waals surface area contributed by atoms with Gasteiger partial charge in [0.15, 0.2) is 6.67 Å². The molecule has 0 unspecified atom stereocenters. The van der Waals surface area contributed by atoms with Gasteiger partial charge < -0.3 is 14.6 Å². The summed E-state index contributed by atoms with van der Waals surface area (Å²) in [7, 11) is 1.23. The number of hydrogen-bond acceptors (Lipinski definition) is 3. The molecule has 0 radical (unpaired) electrons. The standard InChI is InChI=1S/C17H18F2N2O3/c1-17(4-3-5-21(17)15(22)9-18)14-8-11-12(16(23)24-2)6-10(19)7-13(11)20-14/h6-8,20H,3-5,9H2,1-2H3/t17-/m1/s1. The molecule has 1 aliphatic heterocycles. The van der Waals surface area contributed by atoms with Crippen LogP contribution in [-0.2, 0) is 15.1 Å². The molecule has 1 N–H and O–H groups in total. The lowest BCUT2D eigenvalue weighted by molar-refractivity contribution is -0.136. The minimum Gasteiger partial charge on any atom is -0.465 e. The number of amides is 1. The lowest BCUT2D eigenvalue weighted by Gasteiger charge is -2.34. The van der Waals surface area contributed by atoms with Crippen LogP contribution in [0.4, 0.5) is 8.78 Å². The van der Waals surface area contributed by atoms with E-state index in [0.717, 1.165) is 12.5 Å². The second kappa shape index (κ2) is 5.89. The van der Waals surface area contributed by atoms with Gasteiger partial charge in [0.2, 0.25) is 0 Å². The number of fused-ring (bicyclic) bond motifs is 1. The highest BCUT2D eigenvalue weighted by atomic mass is 19.1. The summed E-state index contributed by atoms with van der Waals surface area (Å²) < 4.78 is 31.4. The number of hydrogen-bond donors (Lipinski definition) is 1. The van der Waals surface area contributed by atoms with E-state index in [9.17, 15) is 18.4 Å². The summed E-state index contributed by atoms with van der Waals surface area (Å²) in [5.41, 5.74) is 0.477. The van der Waals surface area contributed by atoms with Gasteiger partial charge in [0.05, 0.1) is 18.2 Å². The number of esters is 1. The van der Waals surface area contributed by atoms with Crippen LogP contribution in [0.15, 0.2) is 18.2 Å². The van der Waals surface area contributed by atoms with Gasteiger partial charge in [-0.3, -0.25) is 4.79 Å². The molecule has 0 spiro atoms. The fraction of sp³-hybridized carbons (Fsp3) is 0.412. The molecular weight excluding hydrogens is 318 g/mol. The Labute approximate surface area is 137 Å². The number of carbonyl (C=O) groups is 2. The molecule has 5 nitrogen and oxygen atoms in total. The van der Waals surface area contributed by atoms with E-state index in [1.165, 1.54) is 18.1 Å². The predicted octanol–water partition coefficient (Wildman–Crippen LogP) is 2.90. The maximum Gasteiger partial charge on any atom is 0.338 e. The molecule has 3 rings (SSSR count). The van der Waals surface area contributed by atoms with Gasteiger partial charge in [-0.2, -0.15) is 0 Å². The zero-order valence-corrected chi connectivity index (χ0v) is 13.5. The Morgan fingerprint density at radius 2 is 2.12 bits per heavy atom. The number of methoxy groups -OCH3 is 1. The average molecular weight is 336 g/mol. The Bertz CT molecular complexity index is 818. The van der Waals surface area contributed by atoms with Crippen molar-refractivity contribution >= 4 is 22.8 Å². The molecule has 1 aromatic heterocycles. The lowest BCUT2D eigenvalue weighted by Crippen LogP contribution is -2.43. The maximum atomic E-state index is 13.8. The Morgan fingerprint density at radius 3 is 2.79 bits per heavy atom. The molecule has 1 aromatic carbocycles. The van der Waals surface area contributed by atoms with Crippen molar-refractivity contribution in [1.29, 1.82) is 0 Å². The number of alkyl halides is 1. The molecular formula is C17H18F2N2O3. The van der Waals surface area contributed by atoms with Gasteiger partial charge in [-0.25, -0.2) is 13.6 Å². The van der Waals surface area contributed by atoms with Gasteiger partial charge in [-0.15, -0.1) is 0 Å². The summed E-state index contributed by atoms with van der Waals surface area (Å²) in [5.74, 6) is -1.78. The van der Waals surface area contributed by atoms with Crippen molar-refractivity contribution in [2.24, 2.45) is 0 Å². The summed E-state index contributed by atoms with van der Waals surface area (Å²) in [6, 6.07) is 4.11. The summed E-state index contributed by atoms with van der Waals surface area (Å²) in [4.78, 5) is 28.4. The van der Waals surface area contributed by atoms with Crippen molar-refractivity contribution in [1.82, 2.24) is 9.88 Å². The molecule has 2 aromatic rings. The average Bonchev–Trinajstić information content (AvgIpc) is 3.17. The zero-order valence-electron chi connectivity index (χ0n) is 13.5. The molecule has 1 saturated heterocycles. The summed E-state index contributed by atoms with van der Waals surface area (Å²) in [6.07, 6.45) is 1.40. The second-order valence-electron chi connectivity index (χ2n) is 6.15. The van der Waals surface area contributed by atoms with E-state index >= 15 is 0 Å². The topological polar surface area (TPSA) is 62.4 Å². The zero-order chi connectivity index (χ0) is 17.5. The number of rotatable bonds is 3. The minimum atomic E-state index is -1.06. The third-order valence-corrected chi connectivity index (χ3v) is 4.74. The number of aromatic amines is 1. The Kier molecular flexibility index (Phi) is 4.03. The number of benzene rings is 1. The van der Waals surface area contributed by atoms with Gasteiger partial charge in [-0.1, -0.05) is 0 Å². The fourth-order valence-electron chi connectivity index (χ4n) is 3.49. The Hall–Kier alpha value is -2.44. The van der Waals surface area contributed by atoms with Crippen LogP contribution in [-0.4, -0.2) is 42.1 Å². The molecule has 1 fully saturated rings. The third-order valence-electron chi connectivity index (χ3n) is 4.74. The van der Waals surface area contributed by atoms with Gasteiger partial charge >= 0.3 is 5.97 Å². The molecule has 0 bridgehead atoms. The first kappa shape index (κ1) is 16.4. The number of aromatic nitrogens is 1. The number of halogens is 2. The van der Waals surface area contributed by atoms with Crippen molar-refractivity contribution in [2.75, 3.05) is 20.3 Å². The van der Waals surface area contributed by atoms with Crippen molar-refractivity contribution in [3.05, 3.63) is 35.3 Å². The van der Waals surface area contributed by atoms with Crippen LogP contribution >= 0.6 is 0 Å². The highest BCUT2D eigenvalue weighted by Crippen LogP contribution is 2.40. The van der Waals surface area contributed by atoms with Crippen molar-refractivity contribution in [2.45, 2.75) is 25.3 Å². The first-order valence-corrected chi connectivity index (χ1v) is 7.68. The van der Waals surface area contributed by atoms with Crippen molar-refractivity contribution in [3.8, 4) is 0 Å². The molecule has 128 valence electrons. The number of carbonyl (C=O) groups excluding carboxylic acids is 2. The molecule has 1 atom stereocenters. The van der Waals surface area contributed by atoms with E-state index in [4.69, 9.17) is 4.74 Å². The third kappa shape index (κ3) is 2.44. The number of nitrogens with one attached hydrogen (secondary N) is 1. The van der Waals surface area contributed by atoms with Crippen LogP contribution in [0.25, 0.3) is 10.9 Å². The van der Waals surface area contributed by atoms with Crippen LogP contribution < -0.4 is 0 Å². The van der Waals surface area contributed by atoms with Gasteiger partial charge in [0, 0.05) is 23.1 Å². The Balaban J connectivity index is 2.14. The highest BCUT2D eigenvalue weighted by Gasteiger charge is 2.42. The van der Waals surface area contributed by atoms with Gasteiger partial charge in [0.1, 0.15) is 5.82 Å². The number of ether oxygens (including phenoxy) is 1. The van der Waals surface area contributed by atoms with E-state index < -0.39 is 29.9 Å². The van der Waals surface area contributed by atoms with E-state index in [-0.39, 0.29) is 5.56 Å². The van der Waals surface area contributed by atoms with E-state index in [0.29, 0.717) is 29.6 Å². The summed E-state index contributed by atoms with van der Waals surface area (Å²) >= 11 is 0. The van der Waals surface area contributed by atoms with Crippen LogP contribution in [0.3, 0.4) is 0 Å². The number of nitrogens with zero attached hydrogens (tertiary/aromatic N) is 1. The van der Waals surface area contributed by atoms with Crippen molar-refractivity contribution in [3.63, 3.8) is 0 Å². The number of H-pyrrole nitrogens is 1. The molecule has 7 heteroatoms. The lowest BCUT2D eigenvalue weighted by atomic mass is 9.94. The largest absolute Gasteiger partial charge is 0.465 e. The Morgan fingerprint density at radius 1 is 1.38 bits per heavy atom. The molecule has 2 heterocycles. The van der Waals surface area contributed by atoms with E-state index in [1.807, 2.05) is 6.92 Å². The van der Waals surface area contributed by atoms with Gasteiger partial charge in [-0.05, 0) is 38.0 Å². The quantitative estimate of drug-likeness (QED) is 0.877. The first-order chi connectivity index (χ1) is 11.4. The van der Waals surface area contributed by atoms with Crippen LogP contribution in [0.5, 0.6) is 0 Å². The van der Waals surface area contributed by atoms with Crippen LogP contribution in [0, 0.1) is 5.82 Å². The van der Waals surface area contributed by atoms with E-state index in [1.54, 1.807) is 6.07 Å². The summed E-state index contributed by atoms with van der Waals surface area (Å²) in [5, 5.41) is 0.513. The first-order valence-electron chi connectivity index (χ1n) is 7.68. The molecule has 1 aliphatic rings. The van der Waals surface area contributed by atoms with E-state index in [2.05, 4.69) is 4.98 Å².